The molecule has 0 fully saturated rings. The van der Waals surface area contributed by atoms with Crippen LogP contribution in [0.1, 0.15) is 6.42 Å². The third kappa shape index (κ3) is 2.80. The Morgan fingerprint density at radius 2 is 2.14 bits per heavy atom. The average molecular weight is 301 g/mol. The zero-order valence-electron chi connectivity index (χ0n) is 12.6. The van der Waals surface area contributed by atoms with Crippen LogP contribution in [0.15, 0.2) is 24.7 Å². The number of anilines is 4. The molecule has 1 aliphatic rings. The molecular formula is C14H19N7O. The molecule has 2 aromatic rings. The Hall–Kier alpha value is -2.77. The van der Waals surface area contributed by atoms with Gasteiger partial charge in [-0.2, -0.15) is 5.10 Å². The van der Waals surface area contributed by atoms with E-state index in [-0.39, 0.29) is 6.03 Å². The van der Waals surface area contributed by atoms with Gasteiger partial charge >= 0.3 is 6.03 Å². The molecule has 0 saturated carbocycles. The minimum absolute atomic E-state index is 0.308. The molecule has 0 atom stereocenters. The monoisotopic (exact) mass is 301 g/mol. The molecule has 8 heteroatoms. The van der Waals surface area contributed by atoms with Gasteiger partial charge in [-0.1, -0.05) is 0 Å². The van der Waals surface area contributed by atoms with Gasteiger partial charge < -0.3 is 20.9 Å². The molecule has 1 aliphatic heterocycles. The molecule has 0 saturated heterocycles. The van der Waals surface area contributed by atoms with Gasteiger partial charge in [0, 0.05) is 33.4 Å². The second-order valence-electron chi connectivity index (χ2n) is 5.28. The van der Waals surface area contributed by atoms with Gasteiger partial charge in [-0.05, 0) is 12.5 Å². The van der Waals surface area contributed by atoms with Crippen LogP contribution in [0.3, 0.4) is 0 Å². The van der Waals surface area contributed by atoms with Crippen molar-refractivity contribution in [3.8, 4) is 0 Å². The lowest BCUT2D eigenvalue weighted by Crippen LogP contribution is -2.23. The number of amides is 2. The Morgan fingerprint density at radius 1 is 1.32 bits per heavy atom. The summed E-state index contributed by atoms with van der Waals surface area (Å²) in [6.45, 7) is 1.75. The highest BCUT2D eigenvalue weighted by Crippen LogP contribution is 2.25. The van der Waals surface area contributed by atoms with E-state index in [0.29, 0.717) is 11.4 Å². The van der Waals surface area contributed by atoms with E-state index in [0.717, 1.165) is 31.0 Å². The summed E-state index contributed by atoms with van der Waals surface area (Å²) in [6, 6.07) is 1.46. The van der Waals surface area contributed by atoms with Crippen LogP contribution in [0.5, 0.6) is 0 Å². The van der Waals surface area contributed by atoms with Crippen LogP contribution in [0.4, 0.5) is 27.7 Å². The lowest BCUT2D eigenvalue weighted by molar-refractivity contribution is 0.262. The lowest BCUT2D eigenvalue weighted by Gasteiger charge is -2.18. The number of rotatable bonds is 3. The summed E-state index contributed by atoms with van der Waals surface area (Å²) in [7, 11) is 3.80. The Balaban J connectivity index is 1.72. The number of nitrogens with zero attached hydrogens (tertiary/aromatic N) is 4. The van der Waals surface area contributed by atoms with Crippen LogP contribution in [0, 0.1) is 0 Å². The first kappa shape index (κ1) is 14.2. The quantitative estimate of drug-likeness (QED) is 0.804. The van der Waals surface area contributed by atoms with E-state index in [2.05, 4.69) is 26.0 Å². The Kier molecular flexibility index (Phi) is 3.82. The molecule has 0 bridgehead atoms. The molecule has 3 heterocycles. The average Bonchev–Trinajstić information content (AvgIpc) is 2.91. The first-order chi connectivity index (χ1) is 10.6. The molecule has 3 rings (SSSR count). The number of nitrogens with one attached hydrogen (secondary N) is 3. The minimum Gasteiger partial charge on any atom is -0.375 e. The van der Waals surface area contributed by atoms with Crippen LogP contribution >= 0.6 is 0 Å². The number of fused-ring (bicyclic) bond motifs is 1. The highest BCUT2D eigenvalue weighted by Gasteiger charge is 2.16. The maximum Gasteiger partial charge on any atom is 0.323 e. The predicted octanol–water partition coefficient (Wildman–Crippen LogP) is 1.80. The van der Waals surface area contributed by atoms with Gasteiger partial charge in [0.15, 0.2) is 0 Å². The number of aromatic nitrogens is 3. The molecule has 3 N–H and O–H groups in total. The van der Waals surface area contributed by atoms with Crippen molar-refractivity contribution >= 4 is 28.9 Å². The fourth-order valence-electron chi connectivity index (χ4n) is 2.39. The van der Waals surface area contributed by atoms with Crippen LogP contribution in [-0.2, 0) is 6.54 Å². The first-order valence-corrected chi connectivity index (χ1v) is 7.14. The van der Waals surface area contributed by atoms with E-state index >= 15 is 0 Å². The summed E-state index contributed by atoms with van der Waals surface area (Å²) < 4.78 is 1.86. The number of pyridine rings is 1. The summed E-state index contributed by atoms with van der Waals surface area (Å²) in [4.78, 5) is 18.2. The highest BCUT2D eigenvalue weighted by atomic mass is 16.2. The van der Waals surface area contributed by atoms with Gasteiger partial charge in [0.2, 0.25) is 0 Å². The van der Waals surface area contributed by atoms with E-state index in [1.54, 1.807) is 24.7 Å². The van der Waals surface area contributed by atoms with E-state index < -0.39 is 0 Å². The minimum atomic E-state index is -0.308. The number of aryl methyl sites for hydroxylation is 1. The summed E-state index contributed by atoms with van der Waals surface area (Å²) in [5.41, 5.74) is 2.22. The second-order valence-corrected chi connectivity index (χ2v) is 5.28. The Bertz CT molecular complexity index is 680. The third-order valence-electron chi connectivity index (χ3n) is 3.46. The van der Waals surface area contributed by atoms with Crippen LogP contribution in [0.25, 0.3) is 0 Å². The van der Waals surface area contributed by atoms with E-state index in [9.17, 15) is 4.79 Å². The second kappa shape index (κ2) is 5.92. The number of hydrogen-bond acceptors (Lipinski definition) is 5. The van der Waals surface area contributed by atoms with E-state index in [1.807, 2.05) is 23.7 Å². The number of carbonyl (C=O) groups excluding carboxylic acids is 1. The highest BCUT2D eigenvalue weighted by molar-refractivity contribution is 6.03. The zero-order valence-corrected chi connectivity index (χ0v) is 12.6. The van der Waals surface area contributed by atoms with Crippen molar-refractivity contribution in [3.05, 3.63) is 24.7 Å². The summed E-state index contributed by atoms with van der Waals surface area (Å²) in [5, 5.41) is 13.2. The van der Waals surface area contributed by atoms with Crippen molar-refractivity contribution < 1.29 is 4.79 Å². The van der Waals surface area contributed by atoms with Gasteiger partial charge in [0.25, 0.3) is 0 Å². The third-order valence-corrected chi connectivity index (χ3v) is 3.46. The topological polar surface area (TPSA) is 87.1 Å². The smallest absolute Gasteiger partial charge is 0.323 e. The van der Waals surface area contributed by atoms with Gasteiger partial charge in [-0.15, -0.1) is 0 Å². The van der Waals surface area contributed by atoms with Crippen molar-refractivity contribution in [2.45, 2.75) is 13.0 Å². The maximum absolute atomic E-state index is 12.2. The fourth-order valence-corrected chi connectivity index (χ4v) is 2.39. The molecular weight excluding hydrogens is 282 g/mol. The van der Waals surface area contributed by atoms with Crippen LogP contribution < -0.4 is 20.9 Å². The molecule has 0 aliphatic carbocycles. The first-order valence-electron chi connectivity index (χ1n) is 7.14. The van der Waals surface area contributed by atoms with Crippen molar-refractivity contribution in [2.75, 3.05) is 41.5 Å². The van der Waals surface area contributed by atoms with Crippen molar-refractivity contribution in [1.29, 1.82) is 0 Å². The van der Waals surface area contributed by atoms with E-state index in [1.165, 1.54) is 0 Å². The van der Waals surface area contributed by atoms with Gasteiger partial charge in [0.05, 0.1) is 23.8 Å². The molecule has 2 aromatic heterocycles. The van der Waals surface area contributed by atoms with Crippen LogP contribution in [-0.4, -0.2) is 41.4 Å². The largest absolute Gasteiger partial charge is 0.375 e. The van der Waals surface area contributed by atoms with Crippen molar-refractivity contribution in [1.82, 2.24) is 14.8 Å². The number of hydrogen-bond donors (Lipinski definition) is 3. The van der Waals surface area contributed by atoms with Crippen molar-refractivity contribution in [3.63, 3.8) is 0 Å². The summed E-state index contributed by atoms with van der Waals surface area (Å²) in [6.07, 6.45) is 6.04. The van der Waals surface area contributed by atoms with Gasteiger partial charge in [-0.3, -0.25) is 4.98 Å². The SMILES string of the molecule is CN(C)c1cnccc1NC(=O)Nc1cnn2c1NCCC2. The lowest BCUT2D eigenvalue weighted by atomic mass is 10.3. The van der Waals surface area contributed by atoms with Gasteiger partial charge in [-0.25, -0.2) is 9.48 Å². The van der Waals surface area contributed by atoms with Gasteiger partial charge in [0.1, 0.15) is 11.5 Å². The van der Waals surface area contributed by atoms with Crippen LogP contribution in [0.2, 0.25) is 0 Å². The normalized spacial score (nSPS) is 13.0. The standard InChI is InChI=1S/C14H19N7O/c1-20(2)12-9-15-6-4-10(12)18-14(22)19-11-8-17-21-7-3-5-16-13(11)21/h4,6,8-9,16H,3,5,7H2,1-2H3,(H2,15,18,19,22). The summed E-state index contributed by atoms with van der Waals surface area (Å²) >= 11 is 0. The maximum atomic E-state index is 12.2. The molecule has 0 radical (unpaired) electrons. The molecule has 0 spiro atoms. The predicted molar refractivity (Wildman–Crippen MR) is 86.5 cm³/mol. The Morgan fingerprint density at radius 3 is 2.95 bits per heavy atom. The van der Waals surface area contributed by atoms with Crippen molar-refractivity contribution in [2.24, 2.45) is 0 Å². The molecule has 22 heavy (non-hydrogen) atoms. The fraction of sp³-hybridized carbons (Fsp3) is 0.357. The van der Waals surface area contributed by atoms with E-state index in [4.69, 9.17) is 0 Å². The molecule has 2 amide bonds. The number of carbonyl (C=O) groups is 1. The molecule has 0 unspecified atom stereocenters. The Labute approximate surface area is 128 Å². The number of urea groups is 1. The molecule has 8 nitrogen and oxygen atoms in total. The zero-order chi connectivity index (χ0) is 15.5. The molecule has 0 aromatic carbocycles. The molecule has 116 valence electrons. The summed E-state index contributed by atoms with van der Waals surface area (Å²) in [5.74, 6) is 0.851.